The first-order valence-electron chi connectivity index (χ1n) is 5.34. The first-order valence-corrected chi connectivity index (χ1v) is 5.34. The van der Waals surface area contributed by atoms with E-state index in [9.17, 15) is 18.3 Å². The van der Waals surface area contributed by atoms with Gasteiger partial charge in [0.25, 0.3) is 0 Å². The van der Waals surface area contributed by atoms with Crippen molar-refractivity contribution in [1.82, 2.24) is 0 Å². The highest BCUT2D eigenvalue weighted by atomic mass is 19.4. The fourth-order valence-electron chi connectivity index (χ4n) is 1.10. The summed E-state index contributed by atoms with van der Waals surface area (Å²) in [5.41, 5.74) is 4.43. The molecule has 0 saturated carbocycles. The Morgan fingerprint density at radius 3 is 2.25 bits per heavy atom. The molecule has 0 aromatic carbocycles. The molecule has 6 heteroatoms. The van der Waals surface area contributed by atoms with Crippen molar-refractivity contribution in [2.75, 3.05) is 19.8 Å². The van der Waals surface area contributed by atoms with Crippen LogP contribution in [-0.2, 0) is 4.74 Å². The highest BCUT2D eigenvalue weighted by Gasteiger charge is 2.26. The molecule has 0 aromatic rings. The fraction of sp³-hybridized carbons (Fsp3) is 1.00. The average molecular weight is 243 g/mol. The maximum atomic E-state index is 11.7. The summed E-state index contributed by atoms with van der Waals surface area (Å²) in [7, 11) is 0. The summed E-state index contributed by atoms with van der Waals surface area (Å²) in [6, 6.07) is 0. The Kier molecular flexibility index (Phi) is 6.94. The van der Waals surface area contributed by atoms with Gasteiger partial charge in [-0.25, -0.2) is 0 Å². The van der Waals surface area contributed by atoms with Crippen LogP contribution in [0, 0.1) is 0 Å². The molecule has 1 unspecified atom stereocenters. The smallest absolute Gasteiger partial charge is 0.389 e. The van der Waals surface area contributed by atoms with Gasteiger partial charge in [-0.15, -0.1) is 0 Å². The summed E-state index contributed by atoms with van der Waals surface area (Å²) < 4.78 is 39.9. The van der Waals surface area contributed by atoms with E-state index in [0.29, 0.717) is 19.3 Å². The van der Waals surface area contributed by atoms with Crippen LogP contribution in [0.4, 0.5) is 13.2 Å². The van der Waals surface area contributed by atoms with E-state index >= 15 is 0 Å². The maximum absolute atomic E-state index is 11.7. The van der Waals surface area contributed by atoms with Crippen molar-refractivity contribution in [3.63, 3.8) is 0 Å². The molecular formula is C10H20F3NO2. The highest BCUT2D eigenvalue weighted by Crippen LogP contribution is 2.19. The average Bonchev–Trinajstić information content (AvgIpc) is 2.14. The number of nitrogens with two attached hydrogens (primary N) is 1. The summed E-state index contributed by atoms with van der Waals surface area (Å²) in [5, 5.41) is 9.52. The monoisotopic (exact) mass is 243 g/mol. The first kappa shape index (κ1) is 15.7. The summed E-state index contributed by atoms with van der Waals surface area (Å²) >= 11 is 0. The maximum Gasteiger partial charge on any atom is 0.391 e. The van der Waals surface area contributed by atoms with E-state index in [4.69, 9.17) is 10.5 Å². The molecule has 0 aliphatic carbocycles. The van der Waals surface area contributed by atoms with E-state index in [0.717, 1.165) is 0 Å². The summed E-state index contributed by atoms with van der Waals surface area (Å²) in [5.74, 6) is 0. The Hall–Kier alpha value is -0.330. The summed E-state index contributed by atoms with van der Waals surface area (Å²) in [6.07, 6.45) is -3.20. The van der Waals surface area contributed by atoms with Gasteiger partial charge in [0.2, 0.25) is 0 Å². The van der Waals surface area contributed by atoms with Gasteiger partial charge in [-0.2, -0.15) is 13.2 Å². The molecule has 0 radical (unpaired) electrons. The van der Waals surface area contributed by atoms with Gasteiger partial charge in [0.05, 0.1) is 18.6 Å². The normalized spacial score (nSPS) is 16.1. The molecule has 0 aromatic heterocycles. The second-order valence-corrected chi connectivity index (χ2v) is 4.14. The van der Waals surface area contributed by atoms with Gasteiger partial charge in [0, 0.05) is 13.2 Å². The van der Waals surface area contributed by atoms with Crippen LogP contribution in [0.1, 0.15) is 32.6 Å². The second kappa shape index (κ2) is 7.09. The van der Waals surface area contributed by atoms with Crippen LogP contribution in [0.2, 0.25) is 0 Å². The van der Waals surface area contributed by atoms with Crippen LogP contribution in [0.5, 0.6) is 0 Å². The predicted octanol–water partition coefficient (Wildman–Crippen LogP) is 1.84. The third-order valence-corrected chi connectivity index (χ3v) is 2.22. The minimum Gasteiger partial charge on any atom is -0.389 e. The topological polar surface area (TPSA) is 55.5 Å². The number of halogens is 3. The highest BCUT2D eigenvalue weighted by molar-refractivity contribution is 4.72. The number of unbranched alkanes of at least 4 members (excludes halogenated alkanes) is 1. The lowest BCUT2D eigenvalue weighted by molar-refractivity contribution is -0.145. The van der Waals surface area contributed by atoms with Gasteiger partial charge in [0.1, 0.15) is 0 Å². The van der Waals surface area contributed by atoms with Crippen molar-refractivity contribution in [1.29, 1.82) is 0 Å². The van der Waals surface area contributed by atoms with Crippen LogP contribution in [0.3, 0.4) is 0 Å². The number of hydrogen-bond donors (Lipinski definition) is 2. The zero-order valence-corrected chi connectivity index (χ0v) is 9.52. The molecule has 0 aliphatic rings. The standard InChI is InChI=1S/C10H20F3NO2/c1-9(15,8-14)4-2-3-6-16-7-5-10(11,12)13/h15H,2-8,14H2,1H3. The lowest BCUT2D eigenvalue weighted by Crippen LogP contribution is -2.33. The van der Waals surface area contributed by atoms with Crippen molar-refractivity contribution in [2.45, 2.75) is 44.4 Å². The van der Waals surface area contributed by atoms with Gasteiger partial charge < -0.3 is 15.6 Å². The Morgan fingerprint density at radius 1 is 1.12 bits per heavy atom. The number of alkyl halides is 3. The van der Waals surface area contributed by atoms with E-state index in [1.54, 1.807) is 6.92 Å². The quantitative estimate of drug-likeness (QED) is 0.639. The molecule has 3 N–H and O–H groups in total. The van der Waals surface area contributed by atoms with Gasteiger partial charge in [-0.1, -0.05) is 0 Å². The zero-order valence-electron chi connectivity index (χ0n) is 9.52. The minimum atomic E-state index is -4.15. The fourth-order valence-corrected chi connectivity index (χ4v) is 1.10. The second-order valence-electron chi connectivity index (χ2n) is 4.14. The van der Waals surface area contributed by atoms with Crippen molar-refractivity contribution in [3.05, 3.63) is 0 Å². The van der Waals surface area contributed by atoms with Crippen molar-refractivity contribution in [3.8, 4) is 0 Å². The largest absolute Gasteiger partial charge is 0.391 e. The van der Waals surface area contributed by atoms with E-state index < -0.39 is 18.2 Å². The molecule has 16 heavy (non-hydrogen) atoms. The third kappa shape index (κ3) is 10.2. The molecule has 0 rings (SSSR count). The van der Waals surface area contributed by atoms with Crippen LogP contribution in [-0.4, -0.2) is 36.6 Å². The minimum absolute atomic E-state index is 0.182. The zero-order chi connectivity index (χ0) is 12.7. The lowest BCUT2D eigenvalue weighted by atomic mass is 10.00. The lowest BCUT2D eigenvalue weighted by Gasteiger charge is -2.20. The molecule has 0 amide bonds. The predicted molar refractivity (Wildman–Crippen MR) is 55.0 cm³/mol. The van der Waals surface area contributed by atoms with E-state index in [-0.39, 0.29) is 19.8 Å². The first-order chi connectivity index (χ1) is 7.27. The number of ether oxygens (including phenoxy) is 1. The van der Waals surface area contributed by atoms with E-state index in [1.165, 1.54) is 0 Å². The molecule has 0 fully saturated rings. The Bertz CT molecular complexity index is 183. The SMILES string of the molecule is CC(O)(CN)CCCCOCCC(F)(F)F. The van der Waals surface area contributed by atoms with Gasteiger partial charge in [-0.05, 0) is 26.2 Å². The Morgan fingerprint density at radius 2 is 1.75 bits per heavy atom. The van der Waals surface area contributed by atoms with Crippen LogP contribution in [0.15, 0.2) is 0 Å². The summed E-state index contributed by atoms with van der Waals surface area (Å²) in [6.45, 7) is 1.81. The van der Waals surface area contributed by atoms with Crippen LogP contribution >= 0.6 is 0 Å². The van der Waals surface area contributed by atoms with Gasteiger partial charge in [-0.3, -0.25) is 0 Å². The van der Waals surface area contributed by atoms with Gasteiger partial charge >= 0.3 is 6.18 Å². The summed E-state index contributed by atoms with van der Waals surface area (Å²) in [4.78, 5) is 0. The van der Waals surface area contributed by atoms with Crippen molar-refractivity contribution in [2.24, 2.45) is 5.73 Å². The number of aliphatic hydroxyl groups is 1. The molecule has 0 bridgehead atoms. The third-order valence-electron chi connectivity index (χ3n) is 2.22. The number of hydrogen-bond acceptors (Lipinski definition) is 3. The molecular weight excluding hydrogens is 223 g/mol. The Balaban J connectivity index is 3.29. The molecule has 0 aliphatic heterocycles. The van der Waals surface area contributed by atoms with Crippen molar-refractivity contribution < 1.29 is 23.0 Å². The molecule has 0 heterocycles. The molecule has 98 valence electrons. The van der Waals surface area contributed by atoms with Crippen LogP contribution in [0.25, 0.3) is 0 Å². The van der Waals surface area contributed by atoms with E-state index in [2.05, 4.69) is 0 Å². The molecule has 1 atom stereocenters. The van der Waals surface area contributed by atoms with Crippen LogP contribution < -0.4 is 5.73 Å². The van der Waals surface area contributed by atoms with E-state index in [1.807, 2.05) is 0 Å². The molecule has 0 spiro atoms. The van der Waals surface area contributed by atoms with Gasteiger partial charge in [0.15, 0.2) is 0 Å². The molecule has 3 nitrogen and oxygen atoms in total. The molecule has 0 saturated heterocycles. The number of rotatable bonds is 8. The Labute approximate surface area is 93.8 Å². The van der Waals surface area contributed by atoms with Crippen molar-refractivity contribution >= 4 is 0 Å².